The highest BCUT2D eigenvalue weighted by Gasteiger charge is 2.22. The van der Waals surface area contributed by atoms with Crippen molar-refractivity contribution in [2.75, 3.05) is 0 Å². The fourth-order valence-electron chi connectivity index (χ4n) is 7.79. The first-order chi connectivity index (χ1) is 42.2. The second-order valence-electron chi connectivity index (χ2n) is 18.7. The van der Waals surface area contributed by atoms with Crippen LogP contribution in [0.2, 0.25) is 15.1 Å². The SMILES string of the molecule is CC.CC.CC.CC.CC.CC.CC(C)(C)c1cc(Cl)c2occc2c1.CC(C)c1cc(Cl)c2occc2c1.CCc1cc(Cl)c2occc2c1.Cc1cc(C#N)c2occc2c1.Cc1cc2ccoc2cc1C#N.Fc1c(F)c(F)c2occc2c1F. The van der Waals surface area contributed by atoms with E-state index in [1.54, 1.807) is 37.4 Å². The molecule has 12 rings (SSSR count). The summed E-state index contributed by atoms with van der Waals surface area (Å²) in [4.78, 5) is 0. The van der Waals surface area contributed by atoms with Crippen LogP contribution in [0, 0.1) is 59.8 Å². The number of halogens is 7. The molecule has 15 heteroatoms. The number of aryl methyl sites for hydroxylation is 3. The van der Waals surface area contributed by atoms with E-state index in [1.165, 1.54) is 16.7 Å². The van der Waals surface area contributed by atoms with Gasteiger partial charge >= 0.3 is 0 Å². The monoisotopic (exact) mass is 1270 g/mol. The summed E-state index contributed by atoms with van der Waals surface area (Å²) in [6, 6.07) is 34.6. The molecule has 0 bridgehead atoms. The van der Waals surface area contributed by atoms with Gasteiger partial charge in [0.25, 0.3) is 0 Å². The number of nitriles is 2. The van der Waals surface area contributed by atoms with Gasteiger partial charge < -0.3 is 26.5 Å². The van der Waals surface area contributed by atoms with Gasteiger partial charge in [0.05, 0.1) is 75.2 Å². The second kappa shape index (κ2) is 39.8. The van der Waals surface area contributed by atoms with Crippen LogP contribution >= 0.6 is 34.8 Å². The minimum atomic E-state index is -1.86. The van der Waals surface area contributed by atoms with Crippen molar-refractivity contribution in [3.8, 4) is 12.1 Å². The van der Waals surface area contributed by atoms with E-state index in [2.05, 4.69) is 76.3 Å². The Morgan fingerprint density at radius 1 is 0.443 bits per heavy atom. The van der Waals surface area contributed by atoms with Gasteiger partial charge in [-0.15, -0.1) is 0 Å². The fourth-order valence-corrected chi connectivity index (χ4v) is 8.63. The number of rotatable bonds is 2. The first kappa shape index (κ1) is 78.1. The summed E-state index contributed by atoms with van der Waals surface area (Å²) in [5, 5.41) is 24.5. The van der Waals surface area contributed by atoms with Gasteiger partial charge in [0.15, 0.2) is 39.5 Å². The van der Waals surface area contributed by atoms with Crippen LogP contribution in [0.25, 0.3) is 65.8 Å². The molecule has 6 heterocycles. The van der Waals surface area contributed by atoms with E-state index in [0.29, 0.717) is 37.7 Å². The molecule has 0 fully saturated rings. The summed E-state index contributed by atoms with van der Waals surface area (Å²) in [5.41, 5.74) is 10.4. The highest BCUT2D eigenvalue weighted by molar-refractivity contribution is 6.35. The van der Waals surface area contributed by atoms with Gasteiger partial charge in [-0.1, -0.05) is 159 Å². The molecule has 0 radical (unpaired) electrons. The first-order valence-electron chi connectivity index (χ1n) is 29.7. The first-order valence-corrected chi connectivity index (χ1v) is 30.8. The van der Waals surface area contributed by atoms with Crippen LogP contribution in [0.15, 0.2) is 161 Å². The molecule has 0 amide bonds. The maximum atomic E-state index is 12.8. The molecule has 0 aliphatic rings. The molecule has 88 heavy (non-hydrogen) atoms. The van der Waals surface area contributed by atoms with Gasteiger partial charge in [0, 0.05) is 26.9 Å². The summed E-state index contributed by atoms with van der Waals surface area (Å²) in [6.07, 6.45) is 10.2. The molecule has 0 saturated carbocycles. The lowest BCUT2D eigenvalue weighted by Crippen LogP contribution is -2.10. The van der Waals surface area contributed by atoms with Gasteiger partial charge in [0.1, 0.15) is 11.7 Å². The van der Waals surface area contributed by atoms with Crippen molar-refractivity contribution in [2.45, 2.75) is 156 Å². The maximum absolute atomic E-state index is 12.8. The van der Waals surface area contributed by atoms with Gasteiger partial charge in [-0.05, 0) is 156 Å². The molecule has 0 unspecified atom stereocenters. The molecule has 0 atom stereocenters. The van der Waals surface area contributed by atoms with Crippen LogP contribution in [0.1, 0.15) is 169 Å². The molecule has 472 valence electrons. The Morgan fingerprint density at radius 3 is 1.36 bits per heavy atom. The van der Waals surface area contributed by atoms with Crippen molar-refractivity contribution in [1.82, 2.24) is 0 Å². The van der Waals surface area contributed by atoms with Gasteiger partial charge in [-0.3, -0.25) is 0 Å². The number of furan rings is 6. The van der Waals surface area contributed by atoms with E-state index in [4.69, 9.17) is 67.4 Å². The van der Waals surface area contributed by atoms with Crippen LogP contribution in [0.3, 0.4) is 0 Å². The van der Waals surface area contributed by atoms with E-state index in [9.17, 15) is 17.6 Å². The van der Waals surface area contributed by atoms with Crippen LogP contribution in [-0.2, 0) is 11.8 Å². The Labute approximate surface area is 532 Å². The highest BCUT2D eigenvalue weighted by Crippen LogP contribution is 2.33. The van der Waals surface area contributed by atoms with Crippen LogP contribution in [0.5, 0.6) is 0 Å². The molecule has 6 aromatic heterocycles. The molecule has 0 N–H and O–H groups in total. The van der Waals surface area contributed by atoms with Crippen molar-refractivity contribution in [3.63, 3.8) is 0 Å². The number of hydrogen-bond acceptors (Lipinski definition) is 8. The van der Waals surface area contributed by atoms with E-state index >= 15 is 0 Å². The summed E-state index contributed by atoms with van der Waals surface area (Å²) in [7, 11) is 0. The Bertz CT molecular complexity index is 4030. The topological polar surface area (TPSA) is 126 Å². The lowest BCUT2D eigenvalue weighted by molar-refractivity contribution is 0.410. The van der Waals surface area contributed by atoms with Crippen LogP contribution in [0.4, 0.5) is 17.6 Å². The molecular weight excluding hydrogens is 1180 g/mol. The molecular formula is C73H85Cl3F4N2O6. The largest absolute Gasteiger partial charge is 0.464 e. The Morgan fingerprint density at radius 2 is 0.864 bits per heavy atom. The summed E-state index contributed by atoms with van der Waals surface area (Å²) >= 11 is 18.2. The maximum Gasteiger partial charge on any atom is 0.205 e. The predicted octanol–water partition coefficient (Wildman–Crippen LogP) is 26.6. The molecule has 12 aromatic rings. The Balaban J connectivity index is 0.000000510. The third kappa shape index (κ3) is 21.2. The van der Waals surface area contributed by atoms with Crippen LogP contribution in [-0.4, -0.2) is 0 Å². The number of hydrogen-bond donors (Lipinski definition) is 0. The zero-order valence-electron chi connectivity index (χ0n) is 54.5. The average Bonchev–Trinajstić information content (AvgIpc) is 4.16. The number of benzene rings is 6. The zero-order chi connectivity index (χ0) is 67.0. The predicted molar refractivity (Wildman–Crippen MR) is 361 cm³/mol. The van der Waals surface area contributed by atoms with E-state index in [-0.39, 0.29) is 5.41 Å². The molecule has 0 spiro atoms. The molecule has 8 nitrogen and oxygen atoms in total. The fraction of sp³-hybridized carbons (Fsp3) is 0.315. The van der Waals surface area contributed by atoms with Crippen molar-refractivity contribution in [3.05, 3.63) is 212 Å². The quantitative estimate of drug-likeness (QED) is 0.0951. The van der Waals surface area contributed by atoms with Crippen molar-refractivity contribution in [2.24, 2.45) is 0 Å². The van der Waals surface area contributed by atoms with E-state index in [0.717, 1.165) is 79.1 Å². The van der Waals surface area contributed by atoms with Gasteiger partial charge in [-0.2, -0.15) is 14.9 Å². The Kier molecular flexibility index (Phi) is 35.4. The second-order valence-corrected chi connectivity index (χ2v) is 20.0. The van der Waals surface area contributed by atoms with Crippen molar-refractivity contribution in [1.29, 1.82) is 10.5 Å². The minimum Gasteiger partial charge on any atom is -0.464 e. The third-order valence-corrected chi connectivity index (χ3v) is 12.8. The molecule has 0 saturated heterocycles. The normalized spacial score (nSPS) is 9.89. The van der Waals surface area contributed by atoms with Gasteiger partial charge in [-0.25, -0.2) is 13.2 Å². The van der Waals surface area contributed by atoms with Crippen molar-refractivity contribution < 1.29 is 44.1 Å². The molecule has 0 aliphatic heterocycles. The number of fused-ring (bicyclic) bond motifs is 6. The summed E-state index contributed by atoms with van der Waals surface area (Å²) in [5.74, 6) is -6.15. The highest BCUT2D eigenvalue weighted by atomic mass is 35.5. The third-order valence-electron chi connectivity index (χ3n) is 12.0. The lowest BCUT2D eigenvalue weighted by Gasteiger charge is -2.19. The zero-order valence-corrected chi connectivity index (χ0v) is 56.7. The molecule has 6 aromatic carbocycles. The minimum absolute atomic E-state index is 0.120. The Hall–Kier alpha value is -7.87. The van der Waals surface area contributed by atoms with Gasteiger partial charge in [0.2, 0.25) is 11.6 Å². The lowest BCUT2D eigenvalue weighted by atomic mass is 9.86. The standard InChI is InChI=1S/C12H13ClO.C11H11ClO.C10H9ClO.2C10H7NO.C8H2F4O.6C2H6/c1-12(2,3)9-6-8-4-5-14-11(8)10(13)7-9;1-7(2)9-5-8-3-4-13-11(8)10(12)6-9;1-2-7-5-8-3-4-12-10(8)9(11)6-7;1-7-4-8-2-3-12-10(8)5-9(7)6-11;1-7-4-8-2-3-12-10(8)9(5-7)6-11;9-4-3-1-2-13-8(3)7(12)6(11)5(4)10;6*1-2/h4-7H,1-3H3;3-7H,1-2H3;3-6H,2H2,1H3;2*2-5H,1H3;1-2H;6*1-2H3. The van der Waals surface area contributed by atoms with E-state index in [1.807, 2.05) is 164 Å². The van der Waals surface area contributed by atoms with E-state index < -0.39 is 34.2 Å². The smallest absolute Gasteiger partial charge is 0.205 e. The number of nitrogens with zero attached hydrogens (tertiary/aromatic N) is 2. The van der Waals surface area contributed by atoms with Crippen LogP contribution < -0.4 is 0 Å². The van der Waals surface area contributed by atoms with Crippen molar-refractivity contribution >= 4 is 101 Å². The molecule has 0 aliphatic carbocycles. The average molecular weight is 1270 g/mol. The summed E-state index contributed by atoms with van der Waals surface area (Å²) < 4.78 is 81.3. The summed E-state index contributed by atoms with van der Waals surface area (Å²) in [6.45, 7) is 40.8.